The van der Waals surface area contributed by atoms with E-state index in [9.17, 15) is 0 Å². The van der Waals surface area contributed by atoms with Crippen LogP contribution in [0.15, 0.2) is 30.6 Å². The second kappa shape index (κ2) is 5.74. The van der Waals surface area contributed by atoms with Crippen LogP contribution in [0.4, 0.5) is 0 Å². The summed E-state index contributed by atoms with van der Waals surface area (Å²) in [6.45, 7) is 2.91. The Hall–Kier alpha value is -1.03. The lowest BCUT2D eigenvalue weighted by Gasteiger charge is -2.11. The molecule has 0 saturated carbocycles. The molecule has 0 amide bonds. The normalized spacial score (nSPS) is 12.7. The monoisotopic (exact) mass is 283 g/mol. The van der Waals surface area contributed by atoms with Crippen LogP contribution in [0.25, 0.3) is 0 Å². The molecule has 1 atom stereocenters. The third-order valence-corrected chi connectivity index (χ3v) is 3.22. The van der Waals surface area contributed by atoms with Crippen molar-refractivity contribution in [2.75, 3.05) is 0 Å². The number of aryl methyl sites for hydroxylation is 1. The van der Waals surface area contributed by atoms with Crippen molar-refractivity contribution >= 4 is 23.2 Å². The topological polar surface area (TPSA) is 43.8 Å². The van der Waals surface area contributed by atoms with Gasteiger partial charge in [0.15, 0.2) is 0 Å². The molecule has 0 radical (unpaired) electrons. The number of aromatic nitrogens is 2. The molecule has 0 spiro atoms. The minimum absolute atomic E-state index is 0.129. The average molecular weight is 284 g/mol. The standard InChI is InChI=1S/C13H15Cl2N3/c1-2-18-8-9(7-17-18)3-13(16)10-4-11(14)6-12(15)5-10/h4-8,13H,2-3,16H2,1H3. The van der Waals surface area contributed by atoms with Gasteiger partial charge in [-0.1, -0.05) is 23.2 Å². The van der Waals surface area contributed by atoms with Crippen LogP contribution in [-0.4, -0.2) is 9.78 Å². The Morgan fingerprint density at radius 3 is 2.50 bits per heavy atom. The summed E-state index contributed by atoms with van der Waals surface area (Å²) in [4.78, 5) is 0. The fraction of sp³-hybridized carbons (Fsp3) is 0.308. The van der Waals surface area contributed by atoms with E-state index in [2.05, 4.69) is 5.10 Å². The van der Waals surface area contributed by atoms with Crippen LogP contribution < -0.4 is 5.73 Å². The molecule has 18 heavy (non-hydrogen) atoms. The van der Waals surface area contributed by atoms with E-state index >= 15 is 0 Å². The van der Waals surface area contributed by atoms with Gasteiger partial charge in [0.25, 0.3) is 0 Å². The van der Waals surface area contributed by atoms with Crippen LogP contribution in [0.1, 0.15) is 24.1 Å². The average Bonchev–Trinajstić information content (AvgIpc) is 2.75. The first kappa shape index (κ1) is 13.4. The van der Waals surface area contributed by atoms with Crippen molar-refractivity contribution in [1.82, 2.24) is 9.78 Å². The quantitative estimate of drug-likeness (QED) is 0.934. The second-order valence-electron chi connectivity index (χ2n) is 4.22. The number of rotatable bonds is 4. The Morgan fingerprint density at radius 2 is 1.94 bits per heavy atom. The third-order valence-electron chi connectivity index (χ3n) is 2.78. The maximum Gasteiger partial charge on any atom is 0.0522 e. The number of nitrogens with two attached hydrogens (primary N) is 1. The Morgan fingerprint density at radius 1 is 1.28 bits per heavy atom. The predicted octanol–water partition coefficient (Wildman–Crippen LogP) is 3.45. The molecule has 1 heterocycles. The summed E-state index contributed by atoms with van der Waals surface area (Å²) in [7, 11) is 0. The second-order valence-corrected chi connectivity index (χ2v) is 5.09. The molecule has 0 aliphatic heterocycles. The lowest BCUT2D eigenvalue weighted by Crippen LogP contribution is -2.13. The largest absolute Gasteiger partial charge is 0.324 e. The van der Waals surface area contributed by atoms with Crippen molar-refractivity contribution in [2.24, 2.45) is 5.73 Å². The van der Waals surface area contributed by atoms with Gasteiger partial charge in [-0.2, -0.15) is 5.10 Å². The fourth-order valence-corrected chi connectivity index (χ4v) is 2.39. The van der Waals surface area contributed by atoms with Gasteiger partial charge < -0.3 is 5.73 Å². The van der Waals surface area contributed by atoms with Crippen molar-refractivity contribution in [3.05, 3.63) is 51.8 Å². The van der Waals surface area contributed by atoms with E-state index in [1.54, 1.807) is 6.07 Å². The molecule has 0 fully saturated rings. The van der Waals surface area contributed by atoms with Gasteiger partial charge in [-0.3, -0.25) is 4.68 Å². The first-order valence-corrected chi connectivity index (χ1v) is 6.57. The maximum absolute atomic E-state index is 6.16. The summed E-state index contributed by atoms with van der Waals surface area (Å²) >= 11 is 11.9. The molecule has 3 nitrogen and oxygen atoms in total. The van der Waals surface area contributed by atoms with E-state index in [4.69, 9.17) is 28.9 Å². The van der Waals surface area contributed by atoms with Crippen LogP contribution in [0.5, 0.6) is 0 Å². The predicted molar refractivity (Wildman–Crippen MR) is 75.0 cm³/mol. The third kappa shape index (κ3) is 3.25. The van der Waals surface area contributed by atoms with Gasteiger partial charge in [0.1, 0.15) is 0 Å². The van der Waals surface area contributed by atoms with E-state index in [1.165, 1.54) is 0 Å². The summed E-state index contributed by atoms with van der Waals surface area (Å²) in [5.41, 5.74) is 8.21. The van der Waals surface area contributed by atoms with Gasteiger partial charge in [-0.25, -0.2) is 0 Å². The lowest BCUT2D eigenvalue weighted by atomic mass is 10.0. The van der Waals surface area contributed by atoms with Crippen molar-refractivity contribution in [3.8, 4) is 0 Å². The van der Waals surface area contributed by atoms with E-state index in [0.29, 0.717) is 10.0 Å². The Bertz CT molecular complexity index is 517. The minimum atomic E-state index is -0.129. The molecule has 2 aromatic rings. The summed E-state index contributed by atoms with van der Waals surface area (Å²) in [6, 6.07) is 5.27. The van der Waals surface area contributed by atoms with Crippen LogP contribution in [0.3, 0.4) is 0 Å². The number of halogens is 2. The van der Waals surface area contributed by atoms with E-state index < -0.39 is 0 Å². The molecule has 2 rings (SSSR count). The van der Waals surface area contributed by atoms with Crippen molar-refractivity contribution in [3.63, 3.8) is 0 Å². The first-order chi connectivity index (χ1) is 8.58. The maximum atomic E-state index is 6.16. The van der Waals surface area contributed by atoms with Crippen molar-refractivity contribution in [1.29, 1.82) is 0 Å². The van der Waals surface area contributed by atoms with Crippen LogP contribution >= 0.6 is 23.2 Å². The highest BCUT2D eigenvalue weighted by Crippen LogP contribution is 2.24. The summed E-state index contributed by atoms with van der Waals surface area (Å²) in [6.07, 6.45) is 4.57. The molecule has 1 aromatic carbocycles. The van der Waals surface area contributed by atoms with Gasteiger partial charge in [0.05, 0.1) is 6.20 Å². The summed E-state index contributed by atoms with van der Waals surface area (Å²) in [5, 5.41) is 5.44. The highest BCUT2D eigenvalue weighted by molar-refractivity contribution is 6.34. The minimum Gasteiger partial charge on any atom is -0.324 e. The zero-order valence-corrected chi connectivity index (χ0v) is 11.6. The van der Waals surface area contributed by atoms with Gasteiger partial charge in [-0.15, -0.1) is 0 Å². The number of hydrogen-bond acceptors (Lipinski definition) is 2. The zero-order chi connectivity index (χ0) is 13.1. The molecular formula is C13H15Cl2N3. The molecule has 0 aliphatic rings. The Balaban J connectivity index is 2.13. The lowest BCUT2D eigenvalue weighted by molar-refractivity contribution is 0.657. The summed E-state index contributed by atoms with van der Waals surface area (Å²) in [5.74, 6) is 0. The number of hydrogen-bond donors (Lipinski definition) is 1. The van der Waals surface area contributed by atoms with Gasteiger partial charge in [0.2, 0.25) is 0 Å². The van der Waals surface area contributed by atoms with Crippen LogP contribution in [0.2, 0.25) is 10.0 Å². The van der Waals surface area contributed by atoms with E-state index in [1.807, 2.05) is 36.1 Å². The van der Waals surface area contributed by atoms with Gasteiger partial charge in [0, 0.05) is 28.8 Å². The molecule has 96 valence electrons. The van der Waals surface area contributed by atoms with Gasteiger partial charge >= 0.3 is 0 Å². The smallest absolute Gasteiger partial charge is 0.0522 e. The fourth-order valence-electron chi connectivity index (χ4n) is 1.85. The highest BCUT2D eigenvalue weighted by atomic mass is 35.5. The number of benzene rings is 1. The number of nitrogens with zero attached hydrogens (tertiary/aromatic N) is 2. The molecule has 1 unspecified atom stereocenters. The molecule has 0 saturated heterocycles. The SMILES string of the molecule is CCn1cc(CC(N)c2cc(Cl)cc(Cl)c2)cn1. The van der Waals surface area contributed by atoms with Crippen molar-refractivity contribution < 1.29 is 0 Å². The Labute approximate surface area is 117 Å². The highest BCUT2D eigenvalue weighted by Gasteiger charge is 2.10. The van der Waals surface area contributed by atoms with Crippen LogP contribution in [0, 0.1) is 0 Å². The molecule has 0 aliphatic carbocycles. The molecular weight excluding hydrogens is 269 g/mol. The molecule has 0 bridgehead atoms. The molecule has 2 N–H and O–H groups in total. The summed E-state index contributed by atoms with van der Waals surface area (Å²) < 4.78 is 1.88. The first-order valence-electron chi connectivity index (χ1n) is 5.81. The van der Waals surface area contributed by atoms with Gasteiger partial charge in [-0.05, 0) is 42.7 Å². The van der Waals surface area contributed by atoms with Crippen molar-refractivity contribution in [2.45, 2.75) is 25.9 Å². The molecule has 1 aromatic heterocycles. The zero-order valence-electron chi connectivity index (χ0n) is 10.1. The Kier molecular flexibility index (Phi) is 4.27. The van der Waals surface area contributed by atoms with E-state index in [-0.39, 0.29) is 6.04 Å². The van der Waals surface area contributed by atoms with Crippen LogP contribution in [-0.2, 0) is 13.0 Å². The van der Waals surface area contributed by atoms with E-state index in [0.717, 1.165) is 24.1 Å². The molecule has 5 heteroatoms.